The number of hydrogen-bond acceptors (Lipinski definition) is 4. The van der Waals surface area contributed by atoms with Crippen LogP contribution in [0.25, 0.3) is 0 Å². The maximum atomic E-state index is 15.0. The third-order valence-corrected chi connectivity index (χ3v) is 8.38. The number of morpholine rings is 1. The van der Waals surface area contributed by atoms with Gasteiger partial charge in [-0.3, -0.25) is 9.59 Å². The molecule has 3 fully saturated rings. The van der Waals surface area contributed by atoms with Gasteiger partial charge in [0.2, 0.25) is 11.8 Å². The molecule has 0 unspecified atom stereocenters. The highest BCUT2D eigenvalue weighted by Gasteiger charge is 2.49. The Bertz CT molecular complexity index is 1080. The second-order valence-corrected chi connectivity index (χ2v) is 10.9. The Hall–Kier alpha value is -2.93. The number of nitrogens with zero attached hydrogens (tertiary/aromatic N) is 2. The van der Waals surface area contributed by atoms with Crippen molar-refractivity contribution < 1.29 is 23.5 Å². The van der Waals surface area contributed by atoms with Gasteiger partial charge in [0.15, 0.2) is 0 Å². The molecular weight excluding hydrogens is 471 g/mol. The van der Waals surface area contributed by atoms with Crippen molar-refractivity contribution in [3.8, 4) is 5.75 Å². The number of para-hydroxylation sites is 1. The zero-order chi connectivity index (χ0) is 25.7. The van der Waals surface area contributed by atoms with Gasteiger partial charge in [-0.25, -0.2) is 4.39 Å². The first-order chi connectivity index (χ1) is 18.0. The average Bonchev–Trinajstić information content (AvgIpc) is 3.44. The van der Waals surface area contributed by atoms with E-state index in [4.69, 9.17) is 9.47 Å². The summed E-state index contributed by atoms with van der Waals surface area (Å²) < 4.78 is 26.7. The van der Waals surface area contributed by atoms with E-state index in [9.17, 15) is 9.59 Å². The Labute approximate surface area is 218 Å². The molecule has 1 saturated carbocycles. The van der Waals surface area contributed by atoms with E-state index < -0.39 is 10.8 Å². The van der Waals surface area contributed by atoms with E-state index in [0.29, 0.717) is 70.8 Å². The minimum Gasteiger partial charge on any atom is -0.493 e. The second-order valence-electron chi connectivity index (χ2n) is 10.9. The van der Waals surface area contributed by atoms with Gasteiger partial charge in [-0.2, -0.15) is 0 Å². The standard InChI is InChI=1S/C30H37FN2O4/c31-26-12-5-4-11-25(26)30(14-6-7-15-30)28(35)33-16-8-13-29(22-33,23-37-24-9-2-1-3-10-24)21-27(34)32-17-19-36-20-18-32/h1-5,9-12H,6-8,13-23H2/t29-/m0/s1. The summed E-state index contributed by atoms with van der Waals surface area (Å²) in [6.45, 7) is 3.69. The summed E-state index contributed by atoms with van der Waals surface area (Å²) in [6, 6.07) is 16.3. The molecule has 0 spiro atoms. The van der Waals surface area contributed by atoms with Crippen LogP contribution in [-0.2, 0) is 19.7 Å². The molecule has 37 heavy (non-hydrogen) atoms. The smallest absolute Gasteiger partial charge is 0.233 e. The molecule has 6 nitrogen and oxygen atoms in total. The summed E-state index contributed by atoms with van der Waals surface area (Å²) in [7, 11) is 0. The molecule has 0 N–H and O–H groups in total. The molecule has 5 rings (SSSR count). The maximum Gasteiger partial charge on any atom is 0.233 e. The number of ether oxygens (including phenoxy) is 2. The molecule has 2 aromatic rings. The first-order valence-electron chi connectivity index (χ1n) is 13.6. The van der Waals surface area contributed by atoms with Crippen molar-refractivity contribution in [1.29, 1.82) is 0 Å². The molecule has 2 aromatic carbocycles. The van der Waals surface area contributed by atoms with Gasteiger partial charge >= 0.3 is 0 Å². The molecule has 2 saturated heterocycles. The van der Waals surface area contributed by atoms with E-state index in [2.05, 4.69) is 0 Å². The van der Waals surface area contributed by atoms with E-state index in [-0.39, 0.29) is 17.6 Å². The maximum absolute atomic E-state index is 15.0. The Morgan fingerprint density at radius 3 is 2.30 bits per heavy atom. The first kappa shape index (κ1) is 25.7. The molecule has 0 radical (unpaired) electrons. The molecule has 2 aliphatic heterocycles. The van der Waals surface area contributed by atoms with Crippen LogP contribution in [0.4, 0.5) is 4.39 Å². The highest BCUT2D eigenvalue weighted by Crippen LogP contribution is 2.45. The van der Waals surface area contributed by atoms with Gasteiger partial charge in [-0.05, 0) is 43.9 Å². The highest BCUT2D eigenvalue weighted by atomic mass is 19.1. The molecule has 3 aliphatic rings. The monoisotopic (exact) mass is 508 g/mol. The van der Waals surface area contributed by atoms with E-state index in [1.54, 1.807) is 12.1 Å². The van der Waals surface area contributed by atoms with Crippen molar-refractivity contribution in [2.75, 3.05) is 46.0 Å². The highest BCUT2D eigenvalue weighted by molar-refractivity contribution is 5.89. The predicted molar refractivity (Wildman–Crippen MR) is 139 cm³/mol. The normalized spacial score (nSPS) is 23.6. The summed E-state index contributed by atoms with van der Waals surface area (Å²) >= 11 is 0. The van der Waals surface area contributed by atoms with E-state index >= 15 is 4.39 Å². The van der Waals surface area contributed by atoms with Gasteiger partial charge in [0.25, 0.3) is 0 Å². The van der Waals surface area contributed by atoms with Crippen molar-refractivity contribution in [3.63, 3.8) is 0 Å². The van der Waals surface area contributed by atoms with Gasteiger partial charge in [0, 0.05) is 43.6 Å². The number of hydrogen-bond donors (Lipinski definition) is 0. The van der Waals surface area contributed by atoms with Crippen molar-refractivity contribution >= 4 is 11.8 Å². The average molecular weight is 509 g/mol. The Morgan fingerprint density at radius 2 is 1.57 bits per heavy atom. The van der Waals surface area contributed by atoms with Crippen LogP contribution < -0.4 is 4.74 Å². The number of carbonyl (C=O) groups excluding carboxylic acids is 2. The van der Waals surface area contributed by atoms with Crippen LogP contribution in [0.3, 0.4) is 0 Å². The number of amides is 2. The molecule has 0 aromatic heterocycles. The SMILES string of the molecule is O=C(C[C@@]1(COc2ccccc2)CCCN(C(=O)C2(c3ccccc3F)CCCC2)C1)N1CCOCC1. The van der Waals surface area contributed by atoms with Gasteiger partial charge < -0.3 is 19.3 Å². The van der Waals surface area contributed by atoms with Crippen molar-refractivity contribution in [2.45, 2.75) is 50.4 Å². The Balaban J connectivity index is 1.40. The summed E-state index contributed by atoms with van der Waals surface area (Å²) in [6.07, 6.45) is 5.03. The van der Waals surface area contributed by atoms with Gasteiger partial charge in [-0.15, -0.1) is 0 Å². The van der Waals surface area contributed by atoms with E-state index in [1.807, 2.05) is 46.2 Å². The largest absolute Gasteiger partial charge is 0.493 e. The number of benzene rings is 2. The van der Waals surface area contributed by atoms with Crippen LogP contribution in [0, 0.1) is 11.2 Å². The molecule has 2 amide bonds. The number of piperidine rings is 1. The Kier molecular flexibility index (Phi) is 7.79. The predicted octanol–water partition coefficient (Wildman–Crippen LogP) is 4.57. The zero-order valence-corrected chi connectivity index (χ0v) is 21.5. The van der Waals surface area contributed by atoms with Crippen LogP contribution in [0.2, 0.25) is 0 Å². The molecule has 7 heteroatoms. The Morgan fingerprint density at radius 1 is 0.865 bits per heavy atom. The van der Waals surface area contributed by atoms with Crippen LogP contribution in [0.5, 0.6) is 5.75 Å². The molecule has 0 bridgehead atoms. The molecule has 198 valence electrons. The van der Waals surface area contributed by atoms with Crippen LogP contribution in [0.1, 0.15) is 50.5 Å². The van der Waals surface area contributed by atoms with Crippen molar-refractivity contribution in [1.82, 2.24) is 9.80 Å². The number of likely N-dealkylation sites (tertiary alicyclic amines) is 1. The molecule has 2 heterocycles. The van der Waals surface area contributed by atoms with Gasteiger partial charge in [0.1, 0.15) is 11.6 Å². The zero-order valence-electron chi connectivity index (χ0n) is 21.5. The summed E-state index contributed by atoms with van der Waals surface area (Å²) in [5.41, 5.74) is -0.824. The second kappa shape index (κ2) is 11.2. The summed E-state index contributed by atoms with van der Waals surface area (Å²) in [5, 5.41) is 0. The van der Waals surface area contributed by atoms with E-state index in [1.165, 1.54) is 6.07 Å². The van der Waals surface area contributed by atoms with E-state index in [0.717, 1.165) is 31.4 Å². The fraction of sp³-hybridized carbons (Fsp3) is 0.533. The third-order valence-electron chi connectivity index (χ3n) is 8.38. The summed E-state index contributed by atoms with van der Waals surface area (Å²) in [5.74, 6) is 0.523. The van der Waals surface area contributed by atoms with Crippen molar-refractivity contribution in [2.24, 2.45) is 5.41 Å². The number of halogens is 1. The van der Waals surface area contributed by atoms with Gasteiger partial charge in [-0.1, -0.05) is 49.2 Å². The number of carbonyl (C=O) groups is 2. The van der Waals surface area contributed by atoms with Crippen molar-refractivity contribution in [3.05, 3.63) is 66.0 Å². The van der Waals surface area contributed by atoms with Crippen LogP contribution in [0.15, 0.2) is 54.6 Å². The topological polar surface area (TPSA) is 59.1 Å². The molecule has 1 aliphatic carbocycles. The quantitative estimate of drug-likeness (QED) is 0.550. The fourth-order valence-corrected chi connectivity index (χ4v) is 6.42. The van der Waals surface area contributed by atoms with Crippen LogP contribution >= 0.6 is 0 Å². The minimum absolute atomic E-state index is 0.00212. The van der Waals surface area contributed by atoms with Crippen LogP contribution in [-0.4, -0.2) is 67.6 Å². The third kappa shape index (κ3) is 5.52. The lowest BCUT2D eigenvalue weighted by atomic mass is 9.73. The lowest BCUT2D eigenvalue weighted by Crippen LogP contribution is -2.55. The minimum atomic E-state index is -0.830. The van der Waals surface area contributed by atoms with Gasteiger partial charge in [0.05, 0.1) is 25.2 Å². The summed E-state index contributed by atoms with van der Waals surface area (Å²) in [4.78, 5) is 31.4. The fourth-order valence-electron chi connectivity index (χ4n) is 6.42. The number of rotatable bonds is 7. The first-order valence-corrected chi connectivity index (χ1v) is 13.6. The lowest BCUT2D eigenvalue weighted by Gasteiger charge is -2.46. The lowest BCUT2D eigenvalue weighted by molar-refractivity contribution is -0.147. The molecule has 1 atom stereocenters. The molecular formula is C30H37FN2O4.